The van der Waals surface area contributed by atoms with Gasteiger partial charge in [-0.05, 0) is 38.8 Å². The number of morpholine rings is 1. The second-order valence-electron chi connectivity index (χ2n) is 7.96. The van der Waals surface area contributed by atoms with Crippen molar-refractivity contribution in [2.45, 2.75) is 39.8 Å². The van der Waals surface area contributed by atoms with Gasteiger partial charge in [0, 0.05) is 45.5 Å². The van der Waals surface area contributed by atoms with E-state index in [0.29, 0.717) is 6.04 Å². The van der Waals surface area contributed by atoms with E-state index in [1.165, 1.54) is 16.8 Å². The van der Waals surface area contributed by atoms with Gasteiger partial charge in [-0.25, -0.2) is 0 Å². The Kier molecular flexibility index (Phi) is 10.8. The summed E-state index contributed by atoms with van der Waals surface area (Å²) in [5, 5.41) is 11.5. The van der Waals surface area contributed by atoms with E-state index < -0.39 is 0 Å². The van der Waals surface area contributed by atoms with Gasteiger partial charge in [0.05, 0.1) is 24.9 Å². The quantitative estimate of drug-likeness (QED) is 0.233. The van der Waals surface area contributed by atoms with Crippen LogP contribution in [0.2, 0.25) is 0 Å². The molecule has 2 heterocycles. The molecule has 2 aromatic rings. The van der Waals surface area contributed by atoms with Crippen LogP contribution in [-0.2, 0) is 11.3 Å². The summed E-state index contributed by atoms with van der Waals surface area (Å²) in [6.07, 6.45) is 0.993. The molecular weight excluding hydrogens is 503 g/mol. The van der Waals surface area contributed by atoms with Crippen molar-refractivity contribution in [2.24, 2.45) is 4.99 Å². The number of ether oxygens (including phenoxy) is 1. The van der Waals surface area contributed by atoms with Crippen molar-refractivity contribution in [3.63, 3.8) is 0 Å². The van der Waals surface area contributed by atoms with Gasteiger partial charge < -0.3 is 15.4 Å². The van der Waals surface area contributed by atoms with E-state index in [9.17, 15) is 0 Å². The van der Waals surface area contributed by atoms with Crippen molar-refractivity contribution < 1.29 is 4.74 Å². The highest BCUT2D eigenvalue weighted by molar-refractivity contribution is 14.0. The molecular formula is C23H37IN6O. The van der Waals surface area contributed by atoms with Gasteiger partial charge in [-0.15, -0.1) is 24.0 Å². The van der Waals surface area contributed by atoms with Gasteiger partial charge in [-0.2, -0.15) is 5.10 Å². The molecule has 8 heteroatoms. The number of halogens is 1. The topological polar surface area (TPSA) is 66.7 Å². The van der Waals surface area contributed by atoms with Crippen molar-refractivity contribution in [1.82, 2.24) is 25.3 Å². The first kappa shape index (κ1) is 25.6. The van der Waals surface area contributed by atoms with E-state index in [4.69, 9.17) is 4.74 Å². The summed E-state index contributed by atoms with van der Waals surface area (Å²) >= 11 is 0. The van der Waals surface area contributed by atoms with Crippen LogP contribution in [-0.4, -0.2) is 67.1 Å². The number of aliphatic imine (C=N–C) groups is 1. The third-order valence-corrected chi connectivity index (χ3v) is 5.54. The van der Waals surface area contributed by atoms with Crippen LogP contribution in [0.25, 0.3) is 0 Å². The summed E-state index contributed by atoms with van der Waals surface area (Å²) in [6.45, 7) is 12.3. The van der Waals surface area contributed by atoms with Crippen molar-refractivity contribution in [3.8, 4) is 0 Å². The number of nitrogens with zero attached hydrogens (tertiary/aromatic N) is 4. The Hall–Kier alpha value is -1.65. The Morgan fingerprint density at radius 3 is 2.58 bits per heavy atom. The lowest BCUT2D eigenvalue weighted by molar-refractivity contribution is 0.0170. The van der Waals surface area contributed by atoms with Gasteiger partial charge in [0.2, 0.25) is 0 Å². The lowest BCUT2D eigenvalue weighted by Crippen LogP contribution is -2.46. The van der Waals surface area contributed by atoms with Gasteiger partial charge >= 0.3 is 0 Å². The summed E-state index contributed by atoms with van der Waals surface area (Å²) < 4.78 is 7.63. The Labute approximate surface area is 203 Å². The van der Waals surface area contributed by atoms with Gasteiger partial charge in [0.25, 0.3) is 0 Å². The zero-order valence-electron chi connectivity index (χ0n) is 19.2. The molecule has 172 valence electrons. The molecule has 1 fully saturated rings. The molecule has 2 N–H and O–H groups in total. The molecule has 1 unspecified atom stereocenters. The van der Waals surface area contributed by atoms with Crippen LogP contribution in [0.1, 0.15) is 35.0 Å². The van der Waals surface area contributed by atoms with Crippen molar-refractivity contribution in [3.05, 3.63) is 52.8 Å². The maximum absolute atomic E-state index is 5.56. The largest absolute Gasteiger partial charge is 0.379 e. The smallest absolute Gasteiger partial charge is 0.191 e. The molecule has 31 heavy (non-hydrogen) atoms. The van der Waals surface area contributed by atoms with Crippen molar-refractivity contribution in [2.75, 3.05) is 46.4 Å². The van der Waals surface area contributed by atoms with Gasteiger partial charge in [0.1, 0.15) is 0 Å². The van der Waals surface area contributed by atoms with Crippen LogP contribution in [0, 0.1) is 20.8 Å². The second kappa shape index (κ2) is 13.0. The monoisotopic (exact) mass is 540 g/mol. The SMILES string of the molecule is CN=C(NCCCn1nc(C)cc1C)NCC(c1cccc(C)c1)N1CCOCC1.I. The fourth-order valence-electron chi connectivity index (χ4n) is 3.98. The van der Waals surface area contributed by atoms with Gasteiger partial charge in [0.15, 0.2) is 5.96 Å². The maximum Gasteiger partial charge on any atom is 0.191 e. The predicted molar refractivity (Wildman–Crippen MR) is 137 cm³/mol. The van der Waals surface area contributed by atoms with E-state index in [0.717, 1.165) is 64.0 Å². The first-order valence-corrected chi connectivity index (χ1v) is 10.9. The molecule has 1 saturated heterocycles. The van der Waals surface area contributed by atoms with Crippen LogP contribution in [0.15, 0.2) is 35.3 Å². The third kappa shape index (κ3) is 7.76. The summed E-state index contributed by atoms with van der Waals surface area (Å²) in [7, 11) is 1.83. The second-order valence-corrected chi connectivity index (χ2v) is 7.96. The summed E-state index contributed by atoms with van der Waals surface area (Å²) in [5.41, 5.74) is 4.91. The molecule has 1 aliphatic rings. The number of guanidine groups is 1. The van der Waals surface area contributed by atoms with Gasteiger partial charge in [-0.3, -0.25) is 14.6 Å². The molecule has 7 nitrogen and oxygen atoms in total. The number of aromatic nitrogens is 2. The minimum absolute atomic E-state index is 0. The third-order valence-electron chi connectivity index (χ3n) is 5.54. The first-order valence-electron chi connectivity index (χ1n) is 10.9. The molecule has 1 aromatic heterocycles. The molecule has 0 spiro atoms. The number of rotatable bonds is 8. The zero-order chi connectivity index (χ0) is 21.3. The van der Waals surface area contributed by atoms with E-state index >= 15 is 0 Å². The van der Waals surface area contributed by atoms with Crippen molar-refractivity contribution >= 4 is 29.9 Å². The Morgan fingerprint density at radius 2 is 1.94 bits per heavy atom. The van der Waals surface area contributed by atoms with Crippen LogP contribution < -0.4 is 10.6 Å². The molecule has 1 aliphatic heterocycles. The molecule has 0 aliphatic carbocycles. The Balaban J connectivity index is 0.00000341. The lowest BCUT2D eigenvalue weighted by atomic mass is 10.0. The number of aryl methyl sites for hydroxylation is 4. The normalized spacial score (nSPS) is 15.9. The van der Waals surface area contributed by atoms with Gasteiger partial charge in [-0.1, -0.05) is 29.8 Å². The number of hydrogen-bond donors (Lipinski definition) is 2. The standard InChI is InChI=1S/C23H36N6O.HI/c1-18-7-5-8-21(15-18)22(28-11-13-30-14-12-28)17-26-23(24-4)25-9-6-10-29-20(3)16-19(2)27-29;/h5,7-8,15-16,22H,6,9-14,17H2,1-4H3,(H2,24,25,26);1H. The molecule has 0 bridgehead atoms. The molecule has 1 aromatic carbocycles. The molecule has 0 amide bonds. The highest BCUT2D eigenvalue weighted by Gasteiger charge is 2.23. The van der Waals surface area contributed by atoms with E-state index in [-0.39, 0.29) is 24.0 Å². The summed E-state index contributed by atoms with van der Waals surface area (Å²) in [6, 6.07) is 11.2. The van der Waals surface area contributed by atoms with E-state index in [1.54, 1.807) is 0 Å². The van der Waals surface area contributed by atoms with Crippen LogP contribution in [0.3, 0.4) is 0 Å². The Morgan fingerprint density at radius 1 is 1.16 bits per heavy atom. The molecule has 0 saturated carbocycles. The van der Waals surface area contributed by atoms with Crippen LogP contribution in [0.5, 0.6) is 0 Å². The minimum Gasteiger partial charge on any atom is -0.379 e. The van der Waals surface area contributed by atoms with E-state index in [2.05, 4.69) is 74.5 Å². The maximum atomic E-state index is 5.56. The van der Waals surface area contributed by atoms with Crippen molar-refractivity contribution in [1.29, 1.82) is 0 Å². The highest BCUT2D eigenvalue weighted by atomic mass is 127. The van der Waals surface area contributed by atoms with Crippen LogP contribution >= 0.6 is 24.0 Å². The fraction of sp³-hybridized carbons (Fsp3) is 0.565. The molecule has 1 atom stereocenters. The average molecular weight is 540 g/mol. The molecule has 3 rings (SSSR count). The predicted octanol–water partition coefficient (Wildman–Crippen LogP) is 3.05. The van der Waals surface area contributed by atoms with E-state index in [1.807, 2.05) is 14.0 Å². The number of benzene rings is 1. The zero-order valence-corrected chi connectivity index (χ0v) is 21.6. The van der Waals surface area contributed by atoms with Crippen LogP contribution in [0.4, 0.5) is 0 Å². The number of hydrogen-bond acceptors (Lipinski definition) is 4. The molecule has 0 radical (unpaired) electrons. The lowest BCUT2D eigenvalue weighted by Gasteiger charge is -2.35. The Bertz CT molecular complexity index is 831. The first-order chi connectivity index (χ1) is 14.6. The average Bonchev–Trinajstić information content (AvgIpc) is 3.07. The summed E-state index contributed by atoms with van der Waals surface area (Å²) in [4.78, 5) is 6.91. The number of nitrogens with one attached hydrogen (secondary N) is 2. The minimum atomic E-state index is 0. The summed E-state index contributed by atoms with van der Waals surface area (Å²) in [5.74, 6) is 0.842. The fourth-order valence-corrected chi connectivity index (χ4v) is 3.98. The highest BCUT2D eigenvalue weighted by Crippen LogP contribution is 2.22.